The lowest BCUT2D eigenvalue weighted by molar-refractivity contribution is -0.127. The van der Waals surface area contributed by atoms with E-state index in [-0.39, 0.29) is 23.8 Å². The van der Waals surface area contributed by atoms with Crippen molar-refractivity contribution in [2.45, 2.75) is 26.1 Å². The zero-order chi connectivity index (χ0) is 20.1. The highest BCUT2D eigenvalue weighted by molar-refractivity contribution is 6.08. The number of ether oxygens (including phenoxy) is 2. The second kappa shape index (κ2) is 8.69. The lowest BCUT2D eigenvalue weighted by Gasteiger charge is -2.34. The van der Waals surface area contributed by atoms with E-state index in [2.05, 4.69) is 10.1 Å². The Morgan fingerprint density at radius 1 is 1.25 bits per heavy atom. The van der Waals surface area contributed by atoms with Gasteiger partial charge >= 0.3 is 6.61 Å². The maximum atomic E-state index is 13.1. The van der Waals surface area contributed by atoms with E-state index in [4.69, 9.17) is 4.74 Å². The van der Waals surface area contributed by atoms with Gasteiger partial charge in [-0.05, 0) is 36.8 Å². The predicted molar refractivity (Wildman–Crippen MR) is 98.9 cm³/mol. The van der Waals surface area contributed by atoms with E-state index < -0.39 is 18.6 Å². The fourth-order valence-electron chi connectivity index (χ4n) is 2.89. The Hall–Kier alpha value is -3.16. The molecule has 3 rings (SSSR count). The zero-order valence-corrected chi connectivity index (χ0v) is 15.2. The molecular formula is C20H20F2N2O4. The number of hydrogen-bond donors (Lipinski definition) is 1. The molecule has 1 aliphatic rings. The summed E-state index contributed by atoms with van der Waals surface area (Å²) in [5.74, 6) is -0.467. The van der Waals surface area contributed by atoms with Crippen LogP contribution in [0.15, 0.2) is 48.5 Å². The van der Waals surface area contributed by atoms with Crippen LogP contribution in [0, 0.1) is 0 Å². The van der Waals surface area contributed by atoms with E-state index in [1.165, 1.54) is 29.2 Å². The monoisotopic (exact) mass is 390 g/mol. The number of carbonyl (C=O) groups excluding carboxylic acids is 2. The van der Waals surface area contributed by atoms with Crippen LogP contribution in [-0.4, -0.2) is 37.6 Å². The summed E-state index contributed by atoms with van der Waals surface area (Å²) in [6, 6.07) is 12.4. The Morgan fingerprint density at radius 2 is 2.04 bits per heavy atom. The molecule has 0 bridgehead atoms. The Morgan fingerprint density at radius 3 is 2.79 bits per heavy atom. The minimum Gasteiger partial charge on any atom is -0.477 e. The van der Waals surface area contributed by atoms with Gasteiger partial charge in [0.05, 0.1) is 12.2 Å². The van der Waals surface area contributed by atoms with Crippen LogP contribution in [0.1, 0.15) is 23.7 Å². The van der Waals surface area contributed by atoms with Crippen molar-refractivity contribution in [1.82, 2.24) is 5.32 Å². The molecule has 1 aliphatic heterocycles. The molecule has 1 heterocycles. The van der Waals surface area contributed by atoms with Crippen molar-refractivity contribution in [2.24, 2.45) is 0 Å². The molecule has 0 fully saturated rings. The average molecular weight is 390 g/mol. The topological polar surface area (TPSA) is 67.9 Å². The summed E-state index contributed by atoms with van der Waals surface area (Å²) in [7, 11) is 0. The number of para-hydroxylation sites is 2. The van der Waals surface area contributed by atoms with Crippen molar-refractivity contribution in [2.75, 3.05) is 18.0 Å². The molecule has 0 saturated carbocycles. The largest absolute Gasteiger partial charge is 0.477 e. The fourth-order valence-corrected chi connectivity index (χ4v) is 2.89. The molecule has 6 nitrogen and oxygen atoms in total. The number of benzene rings is 2. The summed E-state index contributed by atoms with van der Waals surface area (Å²) in [6.07, 6.45) is -0.0971. The van der Waals surface area contributed by atoms with Gasteiger partial charge in [0, 0.05) is 12.1 Å². The molecular weight excluding hydrogens is 370 g/mol. The van der Waals surface area contributed by atoms with Crippen LogP contribution >= 0.6 is 0 Å². The van der Waals surface area contributed by atoms with Crippen molar-refractivity contribution in [3.05, 3.63) is 54.1 Å². The van der Waals surface area contributed by atoms with Crippen LogP contribution in [0.25, 0.3) is 0 Å². The number of nitrogens with one attached hydrogen (secondary N) is 1. The second-order valence-corrected chi connectivity index (χ2v) is 6.19. The first-order chi connectivity index (χ1) is 13.5. The van der Waals surface area contributed by atoms with Gasteiger partial charge in [0.25, 0.3) is 11.8 Å². The van der Waals surface area contributed by atoms with Crippen LogP contribution < -0.4 is 19.7 Å². The number of carbonyl (C=O) groups is 2. The van der Waals surface area contributed by atoms with E-state index in [1.54, 1.807) is 24.3 Å². The highest BCUT2D eigenvalue weighted by atomic mass is 19.3. The van der Waals surface area contributed by atoms with Gasteiger partial charge in [0.2, 0.25) is 0 Å². The number of amides is 2. The number of hydrogen-bond acceptors (Lipinski definition) is 4. The van der Waals surface area contributed by atoms with Crippen LogP contribution in [0.2, 0.25) is 0 Å². The van der Waals surface area contributed by atoms with E-state index in [1.807, 2.05) is 6.92 Å². The first-order valence-corrected chi connectivity index (χ1v) is 8.89. The molecule has 8 heteroatoms. The van der Waals surface area contributed by atoms with Crippen LogP contribution in [-0.2, 0) is 4.79 Å². The van der Waals surface area contributed by atoms with Crippen molar-refractivity contribution in [1.29, 1.82) is 0 Å². The first kappa shape index (κ1) is 19.6. The molecule has 0 saturated heterocycles. The SMILES string of the molecule is CCCNC(=O)[C@H]1CN(C(=O)c2cccc(OC(F)F)c2)c2ccccc2O1. The summed E-state index contributed by atoms with van der Waals surface area (Å²) in [5.41, 5.74) is 0.676. The molecule has 1 N–H and O–H groups in total. The van der Waals surface area contributed by atoms with Gasteiger partial charge in [-0.3, -0.25) is 9.59 Å². The van der Waals surface area contributed by atoms with Gasteiger partial charge in [0.15, 0.2) is 6.10 Å². The molecule has 2 amide bonds. The van der Waals surface area contributed by atoms with Crippen LogP contribution in [0.5, 0.6) is 11.5 Å². The van der Waals surface area contributed by atoms with E-state index in [0.29, 0.717) is 18.0 Å². The maximum absolute atomic E-state index is 13.1. The Labute approximate surface area is 161 Å². The fraction of sp³-hybridized carbons (Fsp3) is 0.300. The molecule has 28 heavy (non-hydrogen) atoms. The third-order valence-electron chi connectivity index (χ3n) is 4.17. The molecule has 0 spiro atoms. The highest BCUT2D eigenvalue weighted by Crippen LogP contribution is 2.34. The van der Waals surface area contributed by atoms with Gasteiger partial charge in [-0.2, -0.15) is 8.78 Å². The number of fused-ring (bicyclic) bond motifs is 1. The van der Waals surface area contributed by atoms with E-state index in [0.717, 1.165) is 6.42 Å². The third kappa shape index (κ3) is 4.39. The van der Waals surface area contributed by atoms with Crippen molar-refractivity contribution < 1.29 is 27.8 Å². The first-order valence-electron chi connectivity index (χ1n) is 8.89. The average Bonchev–Trinajstić information content (AvgIpc) is 2.70. The second-order valence-electron chi connectivity index (χ2n) is 6.19. The van der Waals surface area contributed by atoms with Gasteiger partial charge < -0.3 is 19.7 Å². The molecule has 0 aromatic heterocycles. The molecule has 1 atom stereocenters. The number of halogens is 2. The van der Waals surface area contributed by atoms with Crippen molar-refractivity contribution in [3.8, 4) is 11.5 Å². The minimum absolute atomic E-state index is 0.00528. The Bertz CT molecular complexity index is 860. The standard InChI is InChI=1S/C20H20F2N2O4/c1-2-10-23-18(25)17-12-24(15-8-3-4-9-16(15)28-17)19(26)13-6-5-7-14(11-13)27-20(21)22/h3-9,11,17,20H,2,10,12H2,1H3,(H,23,25)/t17-/m1/s1. The molecule has 2 aromatic rings. The van der Waals surface area contributed by atoms with E-state index >= 15 is 0 Å². The maximum Gasteiger partial charge on any atom is 0.387 e. The number of nitrogens with zero attached hydrogens (tertiary/aromatic N) is 1. The normalized spacial score (nSPS) is 15.6. The summed E-state index contributed by atoms with van der Waals surface area (Å²) in [6.45, 7) is -0.546. The van der Waals surface area contributed by atoms with E-state index in [9.17, 15) is 18.4 Å². The smallest absolute Gasteiger partial charge is 0.387 e. The van der Waals surface area contributed by atoms with Crippen LogP contribution in [0.4, 0.5) is 14.5 Å². The van der Waals surface area contributed by atoms with Gasteiger partial charge in [0.1, 0.15) is 11.5 Å². The number of anilines is 1. The molecule has 0 aliphatic carbocycles. The van der Waals surface area contributed by atoms with Crippen molar-refractivity contribution >= 4 is 17.5 Å². The minimum atomic E-state index is -2.99. The highest BCUT2D eigenvalue weighted by Gasteiger charge is 2.34. The molecule has 148 valence electrons. The lowest BCUT2D eigenvalue weighted by atomic mass is 10.1. The Kier molecular flexibility index (Phi) is 6.08. The van der Waals surface area contributed by atoms with Gasteiger partial charge in [-0.1, -0.05) is 25.1 Å². The molecule has 0 radical (unpaired) electrons. The van der Waals surface area contributed by atoms with Crippen LogP contribution in [0.3, 0.4) is 0 Å². The number of alkyl halides is 2. The zero-order valence-electron chi connectivity index (χ0n) is 15.2. The summed E-state index contributed by atoms with van der Waals surface area (Å²) in [4.78, 5) is 26.9. The van der Waals surface area contributed by atoms with Gasteiger partial charge in [-0.15, -0.1) is 0 Å². The summed E-state index contributed by atoms with van der Waals surface area (Å²) < 4.78 is 35.1. The third-order valence-corrected chi connectivity index (χ3v) is 4.17. The summed E-state index contributed by atoms with van der Waals surface area (Å²) >= 11 is 0. The van der Waals surface area contributed by atoms with Gasteiger partial charge in [-0.25, -0.2) is 0 Å². The molecule has 0 unspecified atom stereocenters. The number of rotatable bonds is 6. The lowest BCUT2D eigenvalue weighted by Crippen LogP contribution is -2.50. The quantitative estimate of drug-likeness (QED) is 0.823. The Balaban J connectivity index is 1.88. The van der Waals surface area contributed by atoms with Crippen molar-refractivity contribution in [3.63, 3.8) is 0 Å². The predicted octanol–water partition coefficient (Wildman–Crippen LogP) is 3.22. The molecule has 2 aromatic carbocycles. The summed E-state index contributed by atoms with van der Waals surface area (Å²) in [5, 5.41) is 2.76.